The van der Waals surface area contributed by atoms with E-state index in [1.54, 1.807) is 0 Å². The second-order valence-electron chi connectivity index (χ2n) is 5.36. The fourth-order valence-corrected chi connectivity index (χ4v) is 2.76. The van der Waals surface area contributed by atoms with Gasteiger partial charge in [-0.2, -0.15) is 0 Å². The maximum absolute atomic E-state index is 3.84. The SMILES string of the molecule is CC.CN1CCC(NC2CC23CC3)CC1. The van der Waals surface area contributed by atoms with Crippen molar-refractivity contribution in [2.24, 2.45) is 5.41 Å². The predicted molar refractivity (Wildman–Crippen MR) is 65.1 cm³/mol. The van der Waals surface area contributed by atoms with Crippen LogP contribution in [0, 0.1) is 5.41 Å². The highest BCUT2D eigenvalue weighted by Gasteiger charge is 2.62. The molecule has 1 atom stereocenters. The molecule has 1 aliphatic heterocycles. The molecule has 15 heavy (non-hydrogen) atoms. The molecule has 1 N–H and O–H groups in total. The van der Waals surface area contributed by atoms with Gasteiger partial charge in [0, 0.05) is 12.1 Å². The Morgan fingerprint density at radius 3 is 2.20 bits per heavy atom. The molecule has 0 bridgehead atoms. The van der Waals surface area contributed by atoms with Gasteiger partial charge in [-0.05, 0) is 57.7 Å². The first-order valence-corrected chi connectivity index (χ1v) is 6.73. The minimum absolute atomic E-state index is 0.834. The lowest BCUT2D eigenvalue weighted by Crippen LogP contribution is -2.42. The maximum Gasteiger partial charge on any atom is 0.0133 e. The van der Waals surface area contributed by atoms with Gasteiger partial charge < -0.3 is 10.2 Å². The van der Waals surface area contributed by atoms with E-state index < -0.39 is 0 Å². The van der Waals surface area contributed by atoms with E-state index in [2.05, 4.69) is 17.3 Å². The third-order valence-electron chi connectivity index (χ3n) is 4.24. The van der Waals surface area contributed by atoms with Gasteiger partial charge in [-0.15, -0.1) is 0 Å². The first kappa shape index (κ1) is 11.4. The van der Waals surface area contributed by atoms with E-state index in [9.17, 15) is 0 Å². The lowest BCUT2D eigenvalue weighted by Gasteiger charge is -2.29. The Labute approximate surface area is 94.4 Å². The molecular formula is C13H26N2. The molecule has 1 heterocycles. The molecule has 3 aliphatic rings. The first-order valence-electron chi connectivity index (χ1n) is 6.73. The van der Waals surface area contributed by atoms with Crippen LogP contribution in [0.3, 0.4) is 0 Å². The van der Waals surface area contributed by atoms with Crippen molar-refractivity contribution in [1.29, 1.82) is 0 Å². The van der Waals surface area contributed by atoms with Gasteiger partial charge in [0.25, 0.3) is 0 Å². The largest absolute Gasteiger partial charge is 0.311 e. The molecule has 0 amide bonds. The number of hydrogen-bond acceptors (Lipinski definition) is 2. The Morgan fingerprint density at radius 1 is 1.13 bits per heavy atom. The summed E-state index contributed by atoms with van der Waals surface area (Å²) in [6.45, 7) is 6.58. The second-order valence-corrected chi connectivity index (χ2v) is 5.36. The topological polar surface area (TPSA) is 15.3 Å². The van der Waals surface area contributed by atoms with Crippen LogP contribution in [-0.4, -0.2) is 37.1 Å². The Hall–Kier alpha value is -0.0800. The average molecular weight is 210 g/mol. The van der Waals surface area contributed by atoms with Crippen LogP contribution in [0.2, 0.25) is 0 Å². The summed E-state index contributed by atoms with van der Waals surface area (Å²) in [6, 6.07) is 1.75. The van der Waals surface area contributed by atoms with Gasteiger partial charge in [0.1, 0.15) is 0 Å². The van der Waals surface area contributed by atoms with Gasteiger partial charge >= 0.3 is 0 Å². The fourth-order valence-electron chi connectivity index (χ4n) is 2.76. The van der Waals surface area contributed by atoms with Crippen LogP contribution in [0.15, 0.2) is 0 Å². The molecule has 1 unspecified atom stereocenters. The van der Waals surface area contributed by atoms with E-state index in [1.807, 2.05) is 13.8 Å². The molecule has 3 rings (SSSR count). The number of hydrogen-bond donors (Lipinski definition) is 1. The van der Waals surface area contributed by atoms with Gasteiger partial charge in [-0.1, -0.05) is 13.8 Å². The molecule has 1 saturated heterocycles. The lowest BCUT2D eigenvalue weighted by atomic mass is 10.1. The molecule has 2 aliphatic carbocycles. The molecule has 0 aromatic carbocycles. The van der Waals surface area contributed by atoms with Crippen molar-refractivity contribution in [3.05, 3.63) is 0 Å². The third kappa shape index (κ3) is 2.54. The van der Waals surface area contributed by atoms with Gasteiger partial charge in [0.05, 0.1) is 0 Å². The number of nitrogens with one attached hydrogen (secondary N) is 1. The number of rotatable bonds is 2. The van der Waals surface area contributed by atoms with Gasteiger partial charge in [-0.25, -0.2) is 0 Å². The van der Waals surface area contributed by atoms with Crippen LogP contribution in [0.1, 0.15) is 46.0 Å². The van der Waals surface area contributed by atoms with E-state index >= 15 is 0 Å². The zero-order chi connectivity index (χ0) is 10.9. The Bertz CT molecular complexity index is 203. The summed E-state index contributed by atoms with van der Waals surface area (Å²) in [4.78, 5) is 2.44. The monoisotopic (exact) mass is 210 g/mol. The van der Waals surface area contributed by atoms with Crippen molar-refractivity contribution in [1.82, 2.24) is 10.2 Å². The van der Waals surface area contributed by atoms with E-state index in [1.165, 1.54) is 45.2 Å². The highest BCUT2D eigenvalue weighted by atomic mass is 15.1. The molecule has 1 spiro atoms. The van der Waals surface area contributed by atoms with E-state index in [0.29, 0.717) is 0 Å². The first-order chi connectivity index (χ1) is 7.28. The number of nitrogens with zero attached hydrogens (tertiary/aromatic N) is 1. The average Bonchev–Trinajstić information content (AvgIpc) is 3.17. The van der Waals surface area contributed by atoms with Crippen LogP contribution >= 0.6 is 0 Å². The Kier molecular flexibility index (Phi) is 3.36. The van der Waals surface area contributed by atoms with Crippen LogP contribution in [0.5, 0.6) is 0 Å². The Morgan fingerprint density at radius 2 is 1.73 bits per heavy atom. The standard InChI is InChI=1S/C11H20N2.C2H6/c1-13-6-2-9(3-7-13)12-10-8-11(10)4-5-11;1-2/h9-10,12H,2-8H2,1H3;1-2H3. The van der Waals surface area contributed by atoms with Crippen molar-refractivity contribution >= 4 is 0 Å². The number of piperidine rings is 1. The molecule has 88 valence electrons. The smallest absolute Gasteiger partial charge is 0.0133 e. The maximum atomic E-state index is 3.84. The summed E-state index contributed by atoms with van der Waals surface area (Å²) in [5, 5.41) is 3.84. The quantitative estimate of drug-likeness (QED) is 0.752. The normalized spacial score (nSPS) is 33.4. The summed E-state index contributed by atoms with van der Waals surface area (Å²) < 4.78 is 0. The minimum atomic E-state index is 0.834. The van der Waals surface area contributed by atoms with Crippen molar-refractivity contribution in [2.75, 3.05) is 20.1 Å². The predicted octanol–water partition coefficient (Wildman–Crippen LogP) is 2.25. The van der Waals surface area contributed by atoms with Crippen molar-refractivity contribution in [3.8, 4) is 0 Å². The fraction of sp³-hybridized carbons (Fsp3) is 1.00. The Balaban J connectivity index is 0.000000404. The van der Waals surface area contributed by atoms with Crippen molar-refractivity contribution < 1.29 is 0 Å². The van der Waals surface area contributed by atoms with Gasteiger partial charge in [0.2, 0.25) is 0 Å². The highest BCUT2D eigenvalue weighted by molar-refractivity contribution is 5.17. The summed E-state index contributed by atoms with van der Waals surface area (Å²) in [6.07, 6.45) is 7.24. The zero-order valence-electron chi connectivity index (χ0n) is 10.6. The molecule has 3 fully saturated rings. The molecule has 0 aromatic heterocycles. The van der Waals surface area contributed by atoms with Crippen LogP contribution in [-0.2, 0) is 0 Å². The molecule has 0 radical (unpaired) electrons. The van der Waals surface area contributed by atoms with E-state index in [0.717, 1.165) is 17.5 Å². The lowest BCUT2D eigenvalue weighted by molar-refractivity contribution is 0.232. The van der Waals surface area contributed by atoms with Gasteiger partial charge in [0.15, 0.2) is 0 Å². The van der Waals surface area contributed by atoms with E-state index in [4.69, 9.17) is 0 Å². The van der Waals surface area contributed by atoms with Crippen LogP contribution < -0.4 is 5.32 Å². The molecular weight excluding hydrogens is 184 g/mol. The van der Waals surface area contributed by atoms with Crippen molar-refractivity contribution in [3.63, 3.8) is 0 Å². The van der Waals surface area contributed by atoms with Crippen LogP contribution in [0.4, 0.5) is 0 Å². The summed E-state index contributed by atoms with van der Waals surface area (Å²) in [5.41, 5.74) is 0.837. The molecule has 2 nitrogen and oxygen atoms in total. The molecule has 2 saturated carbocycles. The van der Waals surface area contributed by atoms with E-state index in [-0.39, 0.29) is 0 Å². The highest BCUT2D eigenvalue weighted by Crippen LogP contribution is 2.66. The third-order valence-corrected chi connectivity index (χ3v) is 4.24. The van der Waals surface area contributed by atoms with Crippen molar-refractivity contribution in [2.45, 2.75) is 58.0 Å². The second kappa shape index (κ2) is 4.42. The summed E-state index contributed by atoms with van der Waals surface area (Å²) in [7, 11) is 2.23. The molecule has 0 aromatic rings. The minimum Gasteiger partial charge on any atom is -0.311 e. The molecule has 2 heteroatoms. The summed E-state index contributed by atoms with van der Waals surface area (Å²) in [5.74, 6) is 0. The van der Waals surface area contributed by atoms with Gasteiger partial charge in [-0.3, -0.25) is 0 Å². The zero-order valence-corrected chi connectivity index (χ0v) is 10.6. The van der Waals surface area contributed by atoms with Crippen LogP contribution in [0.25, 0.3) is 0 Å². The number of likely N-dealkylation sites (tertiary alicyclic amines) is 1. The summed E-state index contributed by atoms with van der Waals surface area (Å²) >= 11 is 0.